The van der Waals surface area contributed by atoms with Crippen LogP contribution in [-0.4, -0.2) is 27.7 Å². The van der Waals surface area contributed by atoms with Crippen molar-refractivity contribution < 1.29 is 19.1 Å². The summed E-state index contributed by atoms with van der Waals surface area (Å²) in [5.41, 5.74) is 1.70. The molecule has 0 saturated carbocycles. The molecule has 1 unspecified atom stereocenters. The Morgan fingerprint density at radius 2 is 2.27 bits per heavy atom. The number of carboxylic acids is 1. The smallest absolute Gasteiger partial charge is 0.303 e. The lowest BCUT2D eigenvalue weighted by atomic mass is 10.0. The highest BCUT2D eigenvalue weighted by Crippen LogP contribution is 2.34. The van der Waals surface area contributed by atoms with E-state index in [1.54, 1.807) is 29.7 Å². The Kier molecular flexibility index (Phi) is 4.06. The van der Waals surface area contributed by atoms with Crippen LogP contribution in [0.4, 0.5) is 0 Å². The highest BCUT2D eigenvalue weighted by molar-refractivity contribution is 7.08. The molecule has 22 heavy (non-hydrogen) atoms. The fourth-order valence-electron chi connectivity index (χ4n) is 2.38. The third-order valence-electron chi connectivity index (χ3n) is 3.45. The molecule has 1 amide bonds. The van der Waals surface area contributed by atoms with Crippen molar-refractivity contribution in [3.8, 4) is 0 Å². The molecule has 0 fully saturated rings. The van der Waals surface area contributed by atoms with E-state index in [2.05, 4.69) is 5.10 Å². The van der Waals surface area contributed by atoms with Gasteiger partial charge in [0, 0.05) is 12.8 Å². The molecule has 0 aromatic carbocycles. The summed E-state index contributed by atoms with van der Waals surface area (Å²) < 4.78 is 5.35. The second kappa shape index (κ2) is 6.15. The molecule has 0 bridgehead atoms. The molecule has 1 atom stereocenters. The van der Waals surface area contributed by atoms with Gasteiger partial charge in [0.2, 0.25) is 5.91 Å². The van der Waals surface area contributed by atoms with Crippen LogP contribution < -0.4 is 0 Å². The highest BCUT2D eigenvalue weighted by Gasteiger charge is 2.34. The quantitative estimate of drug-likeness (QED) is 0.919. The number of nitrogens with zero attached hydrogens (tertiary/aromatic N) is 2. The largest absolute Gasteiger partial charge is 0.481 e. The van der Waals surface area contributed by atoms with Gasteiger partial charge >= 0.3 is 5.97 Å². The summed E-state index contributed by atoms with van der Waals surface area (Å²) in [6.07, 6.45) is 1.86. The zero-order valence-electron chi connectivity index (χ0n) is 11.6. The number of carbonyl (C=O) groups excluding carboxylic acids is 1. The first kappa shape index (κ1) is 14.5. The van der Waals surface area contributed by atoms with Crippen LogP contribution >= 0.6 is 11.3 Å². The second-order valence-electron chi connectivity index (χ2n) is 4.93. The summed E-state index contributed by atoms with van der Waals surface area (Å²) in [4.78, 5) is 23.0. The van der Waals surface area contributed by atoms with Crippen molar-refractivity contribution in [3.63, 3.8) is 0 Å². The maximum Gasteiger partial charge on any atom is 0.303 e. The third-order valence-corrected chi connectivity index (χ3v) is 4.15. The van der Waals surface area contributed by atoms with Crippen molar-refractivity contribution in [2.24, 2.45) is 5.10 Å². The number of thiophene rings is 1. The Bertz CT molecular complexity index is 691. The van der Waals surface area contributed by atoms with Crippen LogP contribution in [0.1, 0.15) is 36.6 Å². The third kappa shape index (κ3) is 2.94. The minimum absolute atomic E-state index is 0.0646. The normalized spacial score (nSPS) is 17.5. The molecule has 6 nitrogen and oxygen atoms in total. The lowest BCUT2D eigenvalue weighted by Crippen LogP contribution is -2.27. The van der Waals surface area contributed by atoms with Crippen LogP contribution in [0.25, 0.3) is 0 Å². The van der Waals surface area contributed by atoms with E-state index in [9.17, 15) is 9.59 Å². The van der Waals surface area contributed by atoms with Gasteiger partial charge in [-0.05, 0) is 34.5 Å². The zero-order chi connectivity index (χ0) is 15.5. The van der Waals surface area contributed by atoms with Crippen molar-refractivity contribution in [2.75, 3.05) is 0 Å². The van der Waals surface area contributed by atoms with Crippen LogP contribution in [0, 0.1) is 0 Å². The molecule has 1 aliphatic heterocycles. The molecule has 7 heteroatoms. The van der Waals surface area contributed by atoms with E-state index in [1.165, 1.54) is 5.01 Å². The van der Waals surface area contributed by atoms with Crippen molar-refractivity contribution >= 4 is 28.9 Å². The van der Waals surface area contributed by atoms with Gasteiger partial charge in [0.05, 0.1) is 18.7 Å². The molecule has 0 saturated heterocycles. The van der Waals surface area contributed by atoms with Crippen LogP contribution in [0.2, 0.25) is 0 Å². The van der Waals surface area contributed by atoms with Gasteiger partial charge in [0.25, 0.3) is 0 Å². The van der Waals surface area contributed by atoms with Gasteiger partial charge in [0.15, 0.2) is 0 Å². The molecule has 3 heterocycles. The van der Waals surface area contributed by atoms with Crippen LogP contribution in [-0.2, 0) is 9.59 Å². The topological polar surface area (TPSA) is 83.1 Å². The number of amides is 1. The van der Waals surface area contributed by atoms with Gasteiger partial charge in [-0.25, -0.2) is 5.01 Å². The van der Waals surface area contributed by atoms with Gasteiger partial charge in [0.1, 0.15) is 11.5 Å². The van der Waals surface area contributed by atoms with Gasteiger partial charge in [-0.2, -0.15) is 16.4 Å². The Labute approximate surface area is 130 Å². The van der Waals surface area contributed by atoms with Gasteiger partial charge in [-0.3, -0.25) is 9.59 Å². The molecular formula is C15H14N2O4S. The number of hydrazone groups is 1. The number of carboxylic acid groups (broad SMARTS) is 1. The number of aliphatic carboxylic acids is 1. The first-order valence-electron chi connectivity index (χ1n) is 6.82. The zero-order valence-corrected chi connectivity index (χ0v) is 12.5. The number of hydrogen-bond donors (Lipinski definition) is 1. The first-order valence-corrected chi connectivity index (χ1v) is 7.76. The number of rotatable bonds is 5. The van der Waals surface area contributed by atoms with E-state index >= 15 is 0 Å². The van der Waals surface area contributed by atoms with Crippen molar-refractivity contribution in [1.82, 2.24) is 5.01 Å². The Balaban J connectivity index is 1.84. The molecule has 3 rings (SSSR count). The number of hydrogen-bond acceptors (Lipinski definition) is 5. The van der Waals surface area contributed by atoms with Gasteiger partial charge < -0.3 is 9.52 Å². The van der Waals surface area contributed by atoms with Crippen LogP contribution in [0.5, 0.6) is 0 Å². The van der Waals surface area contributed by atoms with Gasteiger partial charge in [-0.1, -0.05) is 0 Å². The monoisotopic (exact) mass is 318 g/mol. The molecule has 2 aromatic heterocycles. The number of carbonyl (C=O) groups is 2. The standard InChI is InChI=1S/C15H14N2O4S/c18-14(3-4-15(19)20)17-12(10-5-7-22-9-10)8-11(16-17)13-2-1-6-21-13/h1-2,5-7,9,12H,3-4,8H2,(H,19,20). The van der Waals surface area contributed by atoms with E-state index < -0.39 is 5.97 Å². The first-order chi connectivity index (χ1) is 10.6. The average molecular weight is 318 g/mol. The predicted molar refractivity (Wildman–Crippen MR) is 80.6 cm³/mol. The molecule has 0 radical (unpaired) electrons. The Morgan fingerprint density at radius 3 is 2.91 bits per heavy atom. The summed E-state index contributed by atoms with van der Waals surface area (Å²) in [7, 11) is 0. The maximum atomic E-state index is 12.3. The second-order valence-corrected chi connectivity index (χ2v) is 5.71. The molecule has 0 aliphatic carbocycles. The molecule has 1 aliphatic rings. The molecule has 114 valence electrons. The molecule has 2 aromatic rings. The molecule has 1 N–H and O–H groups in total. The average Bonchev–Trinajstić information content (AvgIpc) is 3.23. The SMILES string of the molecule is O=C(O)CCC(=O)N1N=C(c2ccco2)CC1c1ccsc1. The van der Waals surface area contributed by atoms with Crippen molar-refractivity contribution in [1.29, 1.82) is 0 Å². The predicted octanol–water partition coefficient (Wildman–Crippen LogP) is 2.88. The van der Waals surface area contributed by atoms with E-state index in [0.717, 1.165) is 5.56 Å². The summed E-state index contributed by atoms with van der Waals surface area (Å²) in [5.74, 6) is -0.649. The number of furan rings is 1. The molecular weight excluding hydrogens is 304 g/mol. The van der Waals surface area contributed by atoms with E-state index in [-0.39, 0.29) is 24.8 Å². The summed E-state index contributed by atoms with van der Waals surface area (Å²) >= 11 is 1.55. The Hall–Kier alpha value is -2.41. The maximum absolute atomic E-state index is 12.3. The van der Waals surface area contributed by atoms with E-state index in [1.807, 2.05) is 16.8 Å². The van der Waals surface area contributed by atoms with E-state index in [0.29, 0.717) is 17.9 Å². The fraction of sp³-hybridized carbons (Fsp3) is 0.267. The summed E-state index contributed by atoms with van der Waals surface area (Å²) in [6, 6.07) is 5.32. The minimum Gasteiger partial charge on any atom is -0.481 e. The summed E-state index contributed by atoms with van der Waals surface area (Å²) in [6.45, 7) is 0. The Morgan fingerprint density at radius 1 is 1.41 bits per heavy atom. The lowest BCUT2D eigenvalue weighted by Gasteiger charge is -2.20. The van der Waals surface area contributed by atoms with E-state index in [4.69, 9.17) is 9.52 Å². The fourth-order valence-corrected chi connectivity index (χ4v) is 3.09. The lowest BCUT2D eigenvalue weighted by molar-refractivity contribution is -0.141. The van der Waals surface area contributed by atoms with Crippen molar-refractivity contribution in [3.05, 3.63) is 46.5 Å². The minimum atomic E-state index is -0.991. The van der Waals surface area contributed by atoms with Crippen LogP contribution in [0.15, 0.2) is 44.7 Å². The summed E-state index contributed by atoms with van der Waals surface area (Å²) in [5, 5.41) is 18.4. The van der Waals surface area contributed by atoms with Crippen molar-refractivity contribution in [2.45, 2.75) is 25.3 Å². The van der Waals surface area contributed by atoms with Crippen LogP contribution in [0.3, 0.4) is 0 Å². The van der Waals surface area contributed by atoms with Gasteiger partial charge in [-0.15, -0.1) is 0 Å². The highest BCUT2D eigenvalue weighted by atomic mass is 32.1. The molecule has 0 spiro atoms.